The summed E-state index contributed by atoms with van der Waals surface area (Å²) < 4.78 is 5.98. The average molecular weight is 597 g/mol. The Kier molecular flexibility index (Phi) is 10.7. The molecule has 3 aromatic carbocycles. The van der Waals surface area contributed by atoms with Gasteiger partial charge in [-0.15, -0.1) is 0 Å². The van der Waals surface area contributed by atoms with Gasteiger partial charge >= 0.3 is 0 Å². The lowest BCUT2D eigenvalue weighted by atomic mass is 9.87. The van der Waals surface area contributed by atoms with Crippen molar-refractivity contribution in [2.45, 2.75) is 76.6 Å². The molecule has 0 radical (unpaired) electrons. The monoisotopic (exact) mass is 596 g/mol. The van der Waals surface area contributed by atoms with Crippen molar-refractivity contribution in [1.29, 1.82) is 0 Å². The topological polar surface area (TPSA) is 99.8 Å². The van der Waals surface area contributed by atoms with Crippen molar-refractivity contribution >= 4 is 17.7 Å². The minimum absolute atomic E-state index is 0.0485. The number of aryl methyl sites for hydroxylation is 2. The Balaban J connectivity index is 1.24. The second-order valence-electron chi connectivity index (χ2n) is 11.8. The number of ether oxygens (including phenoxy) is 1. The fourth-order valence-electron chi connectivity index (χ4n) is 6.28. The highest BCUT2D eigenvalue weighted by Crippen LogP contribution is 2.30. The first kappa shape index (κ1) is 31.3. The van der Waals surface area contributed by atoms with Gasteiger partial charge in [-0.05, 0) is 85.5 Å². The van der Waals surface area contributed by atoms with Crippen LogP contribution in [0.5, 0.6) is 5.75 Å². The summed E-state index contributed by atoms with van der Waals surface area (Å²) in [5.41, 5.74) is 5.73. The molecule has 2 aliphatic rings. The van der Waals surface area contributed by atoms with Crippen molar-refractivity contribution in [3.8, 4) is 5.75 Å². The smallest absolute Gasteiger partial charge is 0.246 e. The predicted molar refractivity (Wildman–Crippen MR) is 171 cm³/mol. The standard InChI is InChI=1S/C36H44N4O4/c1-3-25-13-15-27(16-14-25)24-44-29-19-17-26(18-20-29)22-32(38-34(41)23-37-2)36(43)40-21-7-12-33(40)35(42)39-31-11-6-9-28-8-4-5-10-30(28)31/h4-5,8,10,13-20,31-33,37H,3,6-7,9,11-12,21-24H2,1-2H3,(H,38,41)(H,39,42). The van der Waals surface area contributed by atoms with Crippen LogP contribution in [0, 0.1) is 0 Å². The van der Waals surface area contributed by atoms with Crippen LogP contribution in [0.4, 0.5) is 0 Å². The molecule has 8 heteroatoms. The maximum absolute atomic E-state index is 14.0. The molecule has 0 saturated carbocycles. The van der Waals surface area contributed by atoms with E-state index >= 15 is 0 Å². The van der Waals surface area contributed by atoms with Gasteiger partial charge < -0.3 is 25.6 Å². The third kappa shape index (κ3) is 7.85. The predicted octanol–water partition coefficient (Wildman–Crippen LogP) is 4.26. The van der Waals surface area contributed by atoms with Crippen LogP contribution < -0.4 is 20.7 Å². The summed E-state index contributed by atoms with van der Waals surface area (Å²) in [5.74, 6) is 0.116. The molecule has 1 heterocycles. The number of benzene rings is 3. The lowest BCUT2D eigenvalue weighted by Crippen LogP contribution is -2.55. The normalized spacial score (nSPS) is 18.3. The maximum Gasteiger partial charge on any atom is 0.246 e. The first-order valence-corrected chi connectivity index (χ1v) is 15.9. The third-order valence-electron chi connectivity index (χ3n) is 8.69. The molecule has 44 heavy (non-hydrogen) atoms. The Morgan fingerprint density at radius 3 is 2.39 bits per heavy atom. The molecule has 0 aromatic heterocycles. The lowest BCUT2D eigenvalue weighted by molar-refractivity contribution is -0.141. The molecular formula is C36H44N4O4. The number of carbonyl (C=O) groups is 3. The van der Waals surface area contributed by atoms with Gasteiger partial charge in [0.25, 0.3) is 0 Å². The summed E-state index contributed by atoms with van der Waals surface area (Å²) in [7, 11) is 1.69. The number of hydrogen-bond acceptors (Lipinski definition) is 5. The van der Waals surface area contributed by atoms with Crippen molar-refractivity contribution in [2.75, 3.05) is 20.1 Å². The molecule has 8 nitrogen and oxygen atoms in total. The molecule has 5 rings (SSSR count). The zero-order chi connectivity index (χ0) is 30.9. The van der Waals surface area contributed by atoms with E-state index in [0.29, 0.717) is 26.0 Å². The minimum atomic E-state index is -0.788. The average Bonchev–Trinajstić information content (AvgIpc) is 3.55. The van der Waals surface area contributed by atoms with Gasteiger partial charge in [0.15, 0.2) is 0 Å². The summed E-state index contributed by atoms with van der Waals surface area (Å²) in [5, 5.41) is 9.00. The molecule has 0 bridgehead atoms. The van der Waals surface area contributed by atoms with Gasteiger partial charge in [0, 0.05) is 13.0 Å². The van der Waals surface area contributed by atoms with Crippen LogP contribution >= 0.6 is 0 Å². The lowest BCUT2D eigenvalue weighted by Gasteiger charge is -2.31. The van der Waals surface area contributed by atoms with E-state index in [9.17, 15) is 14.4 Å². The molecule has 3 aromatic rings. The fraction of sp³-hybridized carbons (Fsp3) is 0.417. The fourth-order valence-corrected chi connectivity index (χ4v) is 6.28. The minimum Gasteiger partial charge on any atom is -0.489 e. The number of rotatable bonds is 12. The van der Waals surface area contributed by atoms with Gasteiger partial charge in [-0.1, -0.05) is 67.6 Å². The number of likely N-dealkylation sites (N-methyl/N-ethyl adjacent to an activating group) is 1. The Morgan fingerprint density at radius 1 is 0.909 bits per heavy atom. The van der Waals surface area contributed by atoms with Gasteiger partial charge in [-0.3, -0.25) is 14.4 Å². The van der Waals surface area contributed by atoms with Gasteiger partial charge in [0.1, 0.15) is 24.4 Å². The van der Waals surface area contributed by atoms with Crippen LogP contribution in [-0.2, 0) is 40.3 Å². The molecule has 3 atom stereocenters. The van der Waals surface area contributed by atoms with E-state index in [0.717, 1.165) is 49.0 Å². The summed E-state index contributed by atoms with van der Waals surface area (Å²) in [4.78, 5) is 41.8. The van der Waals surface area contributed by atoms with Crippen molar-refractivity contribution in [1.82, 2.24) is 20.9 Å². The number of carbonyl (C=O) groups excluding carboxylic acids is 3. The van der Waals surface area contributed by atoms with E-state index < -0.39 is 12.1 Å². The van der Waals surface area contributed by atoms with E-state index in [1.807, 2.05) is 36.4 Å². The Labute approximate surface area is 260 Å². The summed E-state index contributed by atoms with van der Waals surface area (Å²) in [6.07, 6.45) is 5.59. The van der Waals surface area contributed by atoms with Crippen LogP contribution in [0.25, 0.3) is 0 Å². The molecule has 0 spiro atoms. The quantitative estimate of drug-likeness (QED) is 0.290. The molecule has 3 unspecified atom stereocenters. The van der Waals surface area contributed by atoms with Gasteiger partial charge in [0.05, 0.1) is 12.6 Å². The molecular weight excluding hydrogens is 552 g/mol. The number of amides is 3. The van der Waals surface area contributed by atoms with Crippen LogP contribution in [0.3, 0.4) is 0 Å². The number of likely N-dealkylation sites (tertiary alicyclic amines) is 1. The second kappa shape index (κ2) is 15.0. The first-order valence-electron chi connectivity index (χ1n) is 15.9. The van der Waals surface area contributed by atoms with Crippen molar-refractivity contribution in [3.05, 3.63) is 101 Å². The van der Waals surface area contributed by atoms with E-state index in [1.54, 1.807) is 11.9 Å². The van der Waals surface area contributed by atoms with E-state index in [-0.39, 0.29) is 30.3 Å². The number of hydrogen-bond donors (Lipinski definition) is 3. The van der Waals surface area contributed by atoms with Crippen LogP contribution in [-0.4, -0.2) is 54.8 Å². The molecule has 1 saturated heterocycles. The molecule has 3 N–H and O–H groups in total. The highest BCUT2D eigenvalue weighted by atomic mass is 16.5. The zero-order valence-corrected chi connectivity index (χ0v) is 25.8. The highest BCUT2D eigenvalue weighted by molar-refractivity contribution is 5.93. The van der Waals surface area contributed by atoms with Gasteiger partial charge in [-0.2, -0.15) is 0 Å². The Morgan fingerprint density at radius 2 is 1.64 bits per heavy atom. The zero-order valence-electron chi connectivity index (χ0n) is 25.8. The van der Waals surface area contributed by atoms with E-state index in [2.05, 4.69) is 59.3 Å². The molecule has 232 valence electrons. The molecule has 1 aliphatic heterocycles. The molecule has 1 aliphatic carbocycles. The second-order valence-corrected chi connectivity index (χ2v) is 11.8. The number of nitrogens with one attached hydrogen (secondary N) is 3. The summed E-state index contributed by atoms with van der Waals surface area (Å²) in [6.45, 7) is 3.19. The summed E-state index contributed by atoms with van der Waals surface area (Å²) >= 11 is 0. The SMILES string of the molecule is CCc1ccc(COc2ccc(CC(NC(=O)CNC)C(=O)N3CCCC3C(=O)NC3CCCc4ccccc43)cc2)cc1. The van der Waals surface area contributed by atoms with Crippen LogP contribution in [0.15, 0.2) is 72.8 Å². The van der Waals surface area contributed by atoms with Gasteiger partial charge in [0.2, 0.25) is 17.7 Å². The van der Waals surface area contributed by atoms with Crippen LogP contribution in [0.1, 0.15) is 66.5 Å². The van der Waals surface area contributed by atoms with Crippen LogP contribution in [0.2, 0.25) is 0 Å². The maximum atomic E-state index is 14.0. The Bertz CT molecular complexity index is 1420. The number of fused-ring (bicyclic) bond motifs is 1. The molecule has 1 fully saturated rings. The highest BCUT2D eigenvalue weighted by Gasteiger charge is 2.38. The largest absolute Gasteiger partial charge is 0.489 e. The van der Waals surface area contributed by atoms with Crippen molar-refractivity contribution in [3.63, 3.8) is 0 Å². The van der Waals surface area contributed by atoms with Crippen molar-refractivity contribution in [2.24, 2.45) is 0 Å². The Hall–Kier alpha value is -4.17. The third-order valence-corrected chi connectivity index (χ3v) is 8.69. The summed E-state index contributed by atoms with van der Waals surface area (Å²) in [6, 6.07) is 22.9. The van der Waals surface area contributed by atoms with Crippen molar-refractivity contribution < 1.29 is 19.1 Å². The van der Waals surface area contributed by atoms with E-state index in [4.69, 9.17) is 4.74 Å². The van der Waals surface area contributed by atoms with E-state index in [1.165, 1.54) is 16.7 Å². The number of nitrogens with zero attached hydrogens (tertiary/aromatic N) is 1. The first-order chi connectivity index (χ1) is 21.4. The van der Waals surface area contributed by atoms with Gasteiger partial charge in [-0.25, -0.2) is 0 Å². The molecule has 3 amide bonds.